The van der Waals surface area contributed by atoms with Crippen LogP contribution < -0.4 is 5.32 Å². The minimum atomic E-state index is -4.58. The molecule has 1 unspecified atom stereocenters. The van der Waals surface area contributed by atoms with Gasteiger partial charge >= 0.3 is 6.18 Å². The van der Waals surface area contributed by atoms with Crippen molar-refractivity contribution in [3.05, 3.63) is 66.4 Å². The predicted molar refractivity (Wildman–Crippen MR) is 121 cm³/mol. The third kappa shape index (κ3) is 6.78. The maximum absolute atomic E-state index is 12.7. The summed E-state index contributed by atoms with van der Waals surface area (Å²) in [5.74, 6) is -1.48. The molecule has 37 heavy (non-hydrogen) atoms. The summed E-state index contributed by atoms with van der Waals surface area (Å²) in [4.78, 5) is 26.6. The third-order valence-corrected chi connectivity index (χ3v) is 5.91. The summed E-state index contributed by atoms with van der Waals surface area (Å²) in [7, 11) is 0. The lowest BCUT2D eigenvalue weighted by Gasteiger charge is -2.25. The van der Waals surface area contributed by atoms with Gasteiger partial charge in [0.2, 0.25) is 5.82 Å². The molecule has 2 atom stereocenters. The number of nitrogens with one attached hydrogen (secondary N) is 1. The number of ketones is 1. The fourth-order valence-corrected chi connectivity index (χ4v) is 3.74. The maximum Gasteiger partial charge on any atom is 0.451 e. The Balaban J connectivity index is 0.000000207. The van der Waals surface area contributed by atoms with Gasteiger partial charge in [-0.05, 0) is 43.7 Å². The number of fused-ring (bicyclic) bond motifs is 1. The van der Waals surface area contributed by atoms with Crippen molar-refractivity contribution in [3.8, 4) is 11.3 Å². The van der Waals surface area contributed by atoms with Crippen LogP contribution >= 0.6 is 0 Å². The lowest BCUT2D eigenvalue weighted by molar-refractivity contribution is -0.145. The first-order valence-corrected chi connectivity index (χ1v) is 11.9. The summed E-state index contributed by atoms with van der Waals surface area (Å²) in [5.41, 5.74) is 1.79. The Morgan fingerprint density at radius 1 is 1.14 bits per heavy atom. The van der Waals surface area contributed by atoms with E-state index in [2.05, 4.69) is 25.3 Å². The SMILES string of the molecule is O=C(CCc1cc(-c2cnc(C(F)(F)F)nc2)ncn1)[C@@H]1CCN1.O=S([O-])c1cc2cc(F)ccc2o1. The van der Waals surface area contributed by atoms with E-state index in [1.807, 2.05) is 0 Å². The highest BCUT2D eigenvalue weighted by Gasteiger charge is 2.34. The molecule has 0 amide bonds. The molecule has 0 aliphatic carbocycles. The number of carbonyl (C=O) groups excluding carboxylic acids is 1. The second kappa shape index (κ2) is 11.2. The molecule has 0 saturated carbocycles. The topological polar surface area (TPSA) is 134 Å². The molecular weight excluding hydrogens is 518 g/mol. The molecule has 4 heterocycles. The van der Waals surface area contributed by atoms with E-state index in [4.69, 9.17) is 4.42 Å². The highest BCUT2D eigenvalue weighted by Crippen LogP contribution is 2.26. The summed E-state index contributed by atoms with van der Waals surface area (Å²) < 4.78 is 75.9. The molecular formula is C23H18F4N5O4S-. The van der Waals surface area contributed by atoms with E-state index in [9.17, 15) is 31.1 Å². The lowest BCUT2D eigenvalue weighted by atomic mass is 9.98. The lowest BCUT2D eigenvalue weighted by Crippen LogP contribution is -2.48. The number of hydrogen-bond donors (Lipinski definition) is 1. The number of aromatic nitrogens is 4. The van der Waals surface area contributed by atoms with Crippen LogP contribution in [0.15, 0.2) is 58.6 Å². The Morgan fingerprint density at radius 2 is 1.86 bits per heavy atom. The van der Waals surface area contributed by atoms with Crippen molar-refractivity contribution < 1.29 is 35.5 Å². The fourth-order valence-electron chi connectivity index (χ4n) is 3.36. The molecule has 0 bridgehead atoms. The molecule has 1 N–H and O–H groups in total. The van der Waals surface area contributed by atoms with E-state index in [1.165, 1.54) is 30.6 Å². The highest BCUT2D eigenvalue weighted by molar-refractivity contribution is 7.79. The molecule has 0 radical (unpaired) electrons. The predicted octanol–water partition coefficient (Wildman–Crippen LogP) is 3.63. The Morgan fingerprint density at radius 3 is 2.49 bits per heavy atom. The number of benzene rings is 1. The fraction of sp³-hybridized carbons (Fsp3) is 0.261. The Hall–Kier alpha value is -3.62. The number of hydrogen-bond acceptors (Lipinski definition) is 9. The Kier molecular flexibility index (Phi) is 8.00. The van der Waals surface area contributed by atoms with Crippen molar-refractivity contribution in [3.63, 3.8) is 0 Å². The molecule has 4 aromatic rings. The monoisotopic (exact) mass is 536 g/mol. The van der Waals surface area contributed by atoms with Crippen molar-refractivity contribution in [2.45, 2.75) is 36.6 Å². The molecule has 14 heteroatoms. The Bertz CT molecular complexity index is 1420. The first kappa shape index (κ1) is 26.4. The Labute approximate surface area is 209 Å². The van der Waals surface area contributed by atoms with Gasteiger partial charge in [0, 0.05) is 52.6 Å². The van der Waals surface area contributed by atoms with E-state index < -0.39 is 28.9 Å². The highest BCUT2D eigenvalue weighted by atomic mass is 32.2. The van der Waals surface area contributed by atoms with Crippen molar-refractivity contribution >= 4 is 27.8 Å². The zero-order valence-electron chi connectivity index (χ0n) is 18.9. The van der Waals surface area contributed by atoms with Gasteiger partial charge in [-0.2, -0.15) is 13.2 Å². The molecule has 0 spiro atoms. The van der Waals surface area contributed by atoms with Crippen LogP contribution in [0.4, 0.5) is 17.6 Å². The summed E-state index contributed by atoms with van der Waals surface area (Å²) in [6.45, 7) is 0.863. The molecule has 1 aromatic carbocycles. The number of alkyl halides is 3. The number of furan rings is 1. The van der Waals surface area contributed by atoms with E-state index in [1.54, 1.807) is 6.07 Å². The molecule has 1 fully saturated rings. The zero-order chi connectivity index (χ0) is 26.6. The second-order valence-corrected chi connectivity index (χ2v) is 8.80. The van der Waals surface area contributed by atoms with E-state index in [0.29, 0.717) is 40.8 Å². The van der Waals surface area contributed by atoms with Crippen LogP contribution in [0.3, 0.4) is 0 Å². The zero-order valence-corrected chi connectivity index (χ0v) is 19.7. The van der Waals surface area contributed by atoms with Crippen LogP contribution in [0.5, 0.6) is 0 Å². The molecule has 1 aliphatic rings. The van der Waals surface area contributed by atoms with Gasteiger partial charge in [0.25, 0.3) is 0 Å². The maximum atomic E-state index is 12.7. The quantitative estimate of drug-likeness (QED) is 0.290. The van der Waals surface area contributed by atoms with Crippen molar-refractivity contribution in [2.24, 2.45) is 0 Å². The van der Waals surface area contributed by atoms with Crippen LogP contribution in [0.2, 0.25) is 0 Å². The van der Waals surface area contributed by atoms with E-state index in [-0.39, 0.29) is 16.9 Å². The van der Waals surface area contributed by atoms with Gasteiger partial charge in [-0.3, -0.25) is 9.00 Å². The van der Waals surface area contributed by atoms with Gasteiger partial charge < -0.3 is 14.3 Å². The van der Waals surface area contributed by atoms with Gasteiger partial charge in [-0.15, -0.1) is 0 Å². The molecule has 1 aliphatic heterocycles. The summed E-state index contributed by atoms with van der Waals surface area (Å²) >= 11 is -2.41. The average molecular weight is 536 g/mol. The number of nitrogens with zero attached hydrogens (tertiary/aromatic N) is 4. The van der Waals surface area contributed by atoms with Gasteiger partial charge in [0.05, 0.1) is 11.7 Å². The van der Waals surface area contributed by atoms with E-state index >= 15 is 0 Å². The molecule has 3 aromatic heterocycles. The number of Topliss-reactive ketones (excluding diaryl/α,β-unsaturated/α-hetero) is 1. The van der Waals surface area contributed by atoms with Crippen molar-refractivity contribution in [2.75, 3.05) is 6.54 Å². The minimum Gasteiger partial charge on any atom is -0.766 e. The smallest absolute Gasteiger partial charge is 0.451 e. The summed E-state index contributed by atoms with van der Waals surface area (Å²) in [5, 5.41) is 3.31. The van der Waals surface area contributed by atoms with Crippen LogP contribution in [-0.2, 0) is 28.5 Å². The normalized spacial score (nSPS) is 16.0. The number of halogens is 4. The summed E-state index contributed by atoms with van der Waals surface area (Å²) in [6.07, 6.45) is 0.554. The van der Waals surface area contributed by atoms with E-state index in [0.717, 1.165) is 25.4 Å². The van der Waals surface area contributed by atoms with Gasteiger partial charge in [-0.25, -0.2) is 24.3 Å². The molecule has 9 nitrogen and oxygen atoms in total. The minimum absolute atomic E-state index is 0.0605. The first-order chi connectivity index (χ1) is 17.6. The van der Waals surface area contributed by atoms with Crippen LogP contribution in [-0.4, -0.2) is 47.1 Å². The van der Waals surface area contributed by atoms with Gasteiger partial charge in [-0.1, -0.05) is 0 Å². The van der Waals surface area contributed by atoms with Crippen molar-refractivity contribution in [1.29, 1.82) is 0 Å². The molecule has 5 rings (SSSR count). The van der Waals surface area contributed by atoms with Crippen LogP contribution in [0.1, 0.15) is 24.4 Å². The largest absolute Gasteiger partial charge is 0.766 e. The number of aryl methyl sites for hydroxylation is 1. The van der Waals surface area contributed by atoms with Crippen molar-refractivity contribution in [1.82, 2.24) is 25.3 Å². The first-order valence-electron chi connectivity index (χ1n) is 10.8. The summed E-state index contributed by atoms with van der Waals surface area (Å²) in [6, 6.07) is 6.67. The van der Waals surface area contributed by atoms with Crippen LogP contribution in [0.25, 0.3) is 22.2 Å². The standard InChI is InChI=1S/C15H14F3N5O.C8H5FO3S/c16-15(17,18)14-20-6-9(7-21-14)12-5-10(22-8-23-12)1-2-13(24)11-3-4-19-11;9-6-1-2-7-5(3-6)4-8(12-7)13(10)11/h5-8,11,19H,1-4H2;1-4H,(H,10,11)/p-1/t11-;/m0./s1. The van der Waals surface area contributed by atoms with Gasteiger partial charge in [0.1, 0.15) is 23.5 Å². The average Bonchev–Trinajstić information content (AvgIpc) is 3.26. The second-order valence-electron chi connectivity index (χ2n) is 7.93. The molecule has 1 saturated heterocycles. The molecule has 194 valence electrons. The third-order valence-electron chi connectivity index (χ3n) is 5.38. The number of rotatable bonds is 6. The van der Waals surface area contributed by atoms with Crippen LogP contribution in [0, 0.1) is 5.82 Å². The number of carbonyl (C=O) groups is 1. The van der Waals surface area contributed by atoms with Gasteiger partial charge in [0.15, 0.2) is 5.09 Å².